The van der Waals surface area contributed by atoms with Gasteiger partial charge in [-0.1, -0.05) is 17.4 Å². The van der Waals surface area contributed by atoms with Crippen LogP contribution in [-0.2, 0) is 0 Å². The number of methoxy groups -OCH3 is 2. The van der Waals surface area contributed by atoms with E-state index in [0.717, 1.165) is 5.01 Å². The Balaban J connectivity index is 2.28. The zero-order chi connectivity index (χ0) is 13.8. The molecule has 0 aliphatic rings. The molecule has 1 aromatic carbocycles. The summed E-state index contributed by atoms with van der Waals surface area (Å²) in [5.41, 5.74) is 0.384. The third-order valence-corrected chi connectivity index (χ3v) is 3.15. The van der Waals surface area contributed by atoms with E-state index in [2.05, 4.69) is 15.5 Å². The smallest absolute Gasteiger partial charge is 0.261 e. The number of ether oxygens (including phenoxy) is 2. The number of nitrogens with zero attached hydrogens (tertiary/aromatic N) is 2. The highest BCUT2D eigenvalue weighted by Crippen LogP contribution is 2.31. The molecule has 19 heavy (non-hydrogen) atoms. The summed E-state index contributed by atoms with van der Waals surface area (Å²) in [5.74, 6) is 0.583. The quantitative estimate of drug-likeness (QED) is 0.928. The molecule has 0 unspecified atom stereocenters. The average Bonchev–Trinajstić information content (AvgIpc) is 2.82. The molecule has 2 rings (SSSR count). The number of rotatable bonds is 4. The second-order valence-corrected chi connectivity index (χ2v) is 4.80. The van der Waals surface area contributed by atoms with E-state index < -0.39 is 0 Å². The van der Waals surface area contributed by atoms with Crippen molar-refractivity contribution in [1.82, 2.24) is 10.2 Å². The Kier molecular flexibility index (Phi) is 3.96. The number of benzene rings is 1. The summed E-state index contributed by atoms with van der Waals surface area (Å²) >= 11 is 1.31. The normalized spacial score (nSPS) is 10.1. The van der Waals surface area contributed by atoms with Crippen molar-refractivity contribution < 1.29 is 14.3 Å². The van der Waals surface area contributed by atoms with Crippen molar-refractivity contribution in [3.8, 4) is 11.5 Å². The third kappa shape index (κ3) is 2.82. The van der Waals surface area contributed by atoms with Gasteiger partial charge < -0.3 is 9.47 Å². The molecule has 6 nitrogen and oxygen atoms in total. The Morgan fingerprint density at radius 3 is 2.63 bits per heavy atom. The molecule has 1 heterocycles. The molecule has 2 aromatic rings. The van der Waals surface area contributed by atoms with Crippen LogP contribution in [0.4, 0.5) is 5.13 Å². The Morgan fingerprint density at radius 1 is 1.26 bits per heavy atom. The van der Waals surface area contributed by atoms with Gasteiger partial charge in [-0.05, 0) is 19.1 Å². The number of aromatic nitrogens is 2. The minimum absolute atomic E-state index is 0.313. The largest absolute Gasteiger partial charge is 0.493 e. The first-order valence-corrected chi connectivity index (χ1v) is 6.29. The molecule has 1 aromatic heterocycles. The fraction of sp³-hybridized carbons (Fsp3) is 0.250. The summed E-state index contributed by atoms with van der Waals surface area (Å²) in [6.07, 6.45) is 0. The lowest BCUT2D eigenvalue weighted by Crippen LogP contribution is -2.13. The average molecular weight is 279 g/mol. The zero-order valence-corrected chi connectivity index (χ0v) is 11.6. The van der Waals surface area contributed by atoms with Crippen LogP contribution in [0, 0.1) is 6.92 Å². The van der Waals surface area contributed by atoms with Crippen molar-refractivity contribution in [2.45, 2.75) is 6.92 Å². The third-order valence-electron chi connectivity index (χ3n) is 2.39. The summed E-state index contributed by atoms with van der Waals surface area (Å²) in [5, 5.41) is 11.6. The first kappa shape index (κ1) is 13.3. The molecular weight excluding hydrogens is 266 g/mol. The Bertz CT molecular complexity index is 598. The highest BCUT2D eigenvalue weighted by molar-refractivity contribution is 7.15. The van der Waals surface area contributed by atoms with E-state index in [1.807, 2.05) is 6.92 Å². The van der Waals surface area contributed by atoms with Gasteiger partial charge in [0.2, 0.25) is 5.13 Å². The fourth-order valence-corrected chi connectivity index (χ4v) is 2.16. The maximum atomic E-state index is 12.2. The highest BCUT2D eigenvalue weighted by Gasteiger charge is 2.17. The summed E-state index contributed by atoms with van der Waals surface area (Å²) in [4.78, 5) is 12.2. The molecular formula is C12H13N3O3S. The van der Waals surface area contributed by atoms with Crippen LogP contribution in [0.1, 0.15) is 15.4 Å². The van der Waals surface area contributed by atoms with E-state index in [0.29, 0.717) is 22.2 Å². The lowest BCUT2D eigenvalue weighted by molar-refractivity contribution is 0.102. The summed E-state index contributed by atoms with van der Waals surface area (Å²) in [6.45, 7) is 1.82. The molecule has 0 fully saturated rings. The van der Waals surface area contributed by atoms with Gasteiger partial charge >= 0.3 is 0 Å². The van der Waals surface area contributed by atoms with E-state index in [1.165, 1.54) is 25.6 Å². The van der Waals surface area contributed by atoms with E-state index in [-0.39, 0.29) is 5.91 Å². The monoisotopic (exact) mass is 279 g/mol. The number of aryl methyl sites for hydroxylation is 1. The minimum atomic E-state index is -0.313. The van der Waals surface area contributed by atoms with Crippen molar-refractivity contribution in [3.63, 3.8) is 0 Å². The first-order valence-electron chi connectivity index (χ1n) is 5.48. The van der Waals surface area contributed by atoms with Gasteiger partial charge in [-0.15, -0.1) is 10.2 Å². The van der Waals surface area contributed by atoms with Crippen LogP contribution in [0.5, 0.6) is 11.5 Å². The molecule has 0 saturated heterocycles. The maximum Gasteiger partial charge on any atom is 0.261 e. The number of hydrogen-bond donors (Lipinski definition) is 1. The molecule has 0 aliphatic heterocycles. The van der Waals surface area contributed by atoms with Gasteiger partial charge in [0.1, 0.15) is 5.01 Å². The number of nitrogens with one attached hydrogen (secondary N) is 1. The molecule has 0 aliphatic carbocycles. The van der Waals surface area contributed by atoms with Crippen molar-refractivity contribution in [1.29, 1.82) is 0 Å². The second-order valence-electron chi connectivity index (χ2n) is 3.62. The predicted octanol–water partition coefficient (Wildman–Crippen LogP) is 2.12. The summed E-state index contributed by atoms with van der Waals surface area (Å²) in [6, 6.07) is 5.11. The van der Waals surface area contributed by atoms with Gasteiger partial charge in [0, 0.05) is 0 Å². The fourth-order valence-electron chi connectivity index (χ4n) is 1.58. The van der Waals surface area contributed by atoms with Crippen LogP contribution in [0.15, 0.2) is 18.2 Å². The molecule has 0 bridgehead atoms. The van der Waals surface area contributed by atoms with Crippen LogP contribution in [0.25, 0.3) is 0 Å². The number of carbonyl (C=O) groups is 1. The van der Waals surface area contributed by atoms with E-state index >= 15 is 0 Å². The standard InChI is InChI=1S/C12H13N3O3S/c1-7-14-15-12(19-7)13-11(16)8-5-4-6-9(17-2)10(8)18-3/h4-6H,1-3H3,(H,13,15,16). The summed E-state index contributed by atoms with van der Waals surface area (Å²) < 4.78 is 10.4. The van der Waals surface area contributed by atoms with E-state index in [1.54, 1.807) is 18.2 Å². The Morgan fingerprint density at radius 2 is 2.05 bits per heavy atom. The van der Waals surface area contributed by atoms with Gasteiger partial charge in [0.15, 0.2) is 11.5 Å². The molecule has 0 atom stereocenters. The Labute approximate surface area is 114 Å². The van der Waals surface area contributed by atoms with E-state index in [9.17, 15) is 4.79 Å². The second kappa shape index (κ2) is 5.66. The molecule has 0 saturated carbocycles. The van der Waals surface area contributed by atoms with E-state index in [4.69, 9.17) is 9.47 Å². The number of hydrogen-bond acceptors (Lipinski definition) is 6. The van der Waals surface area contributed by atoms with Gasteiger partial charge in [0.25, 0.3) is 5.91 Å². The van der Waals surface area contributed by atoms with Crippen molar-refractivity contribution in [3.05, 3.63) is 28.8 Å². The Hall–Kier alpha value is -2.15. The molecule has 1 N–H and O–H groups in total. The molecule has 7 heteroatoms. The number of amides is 1. The number of anilines is 1. The highest BCUT2D eigenvalue weighted by atomic mass is 32.1. The summed E-state index contributed by atoms with van der Waals surface area (Å²) in [7, 11) is 3.01. The predicted molar refractivity (Wildman–Crippen MR) is 72.1 cm³/mol. The molecule has 100 valence electrons. The van der Waals surface area contributed by atoms with Crippen molar-refractivity contribution >= 4 is 22.4 Å². The van der Waals surface area contributed by atoms with Gasteiger partial charge in [-0.2, -0.15) is 0 Å². The first-order chi connectivity index (χ1) is 9.15. The number of para-hydroxylation sites is 1. The topological polar surface area (TPSA) is 73.3 Å². The van der Waals surface area contributed by atoms with Crippen LogP contribution in [0.3, 0.4) is 0 Å². The van der Waals surface area contributed by atoms with Crippen molar-refractivity contribution in [2.24, 2.45) is 0 Å². The van der Waals surface area contributed by atoms with Gasteiger partial charge in [-0.25, -0.2) is 0 Å². The number of carbonyl (C=O) groups excluding carboxylic acids is 1. The van der Waals surface area contributed by atoms with Gasteiger partial charge in [0.05, 0.1) is 19.8 Å². The maximum absolute atomic E-state index is 12.2. The zero-order valence-electron chi connectivity index (χ0n) is 10.8. The van der Waals surface area contributed by atoms with Crippen LogP contribution in [-0.4, -0.2) is 30.3 Å². The van der Waals surface area contributed by atoms with Crippen molar-refractivity contribution in [2.75, 3.05) is 19.5 Å². The van der Waals surface area contributed by atoms with Crippen LogP contribution < -0.4 is 14.8 Å². The van der Waals surface area contributed by atoms with Gasteiger partial charge in [-0.3, -0.25) is 10.1 Å². The molecule has 0 spiro atoms. The lowest BCUT2D eigenvalue weighted by atomic mass is 10.1. The minimum Gasteiger partial charge on any atom is -0.493 e. The van der Waals surface area contributed by atoms with Crippen LogP contribution in [0.2, 0.25) is 0 Å². The molecule has 1 amide bonds. The van der Waals surface area contributed by atoms with Crippen LogP contribution >= 0.6 is 11.3 Å². The lowest BCUT2D eigenvalue weighted by Gasteiger charge is -2.11. The SMILES string of the molecule is COc1cccc(C(=O)Nc2nnc(C)s2)c1OC. The molecule has 0 radical (unpaired) electrons.